The number of benzene rings is 6. The van der Waals surface area contributed by atoms with Crippen LogP contribution in [0.25, 0.3) is 0 Å². The molecule has 0 unspecified atom stereocenters. The number of unbranched alkanes of at least 4 members (excludes halogenated alkanes) is 1. The average molecular weight is 783 g/mol. The van der Waals surface area contributed by atoms with Crippen molar-refractivity contribution in [2.24, 2.45) is 0 Å². The number of carbonyl (C=O) groups is 2. The summed E-state index contributed by atoms with van der Waals surface area (Å²) in [7, 11) is 0. The lowest BCUT2D eigenvalue weighted by molar-refractivity contribution is -0.138. The second kappa shape index (κ2) is 24.4. The van der Waals surface area contributed by atoms with Gasteiger partial charge >= 0.3 is 11.9 Å². The first-order valence-electron chi connectivity index (χ1n) is 19.6. The fourth-order valence-electron chi connectivity index (χ4n) is 6.48. The van der Waals surface area contributed by atoms with E-state index in [1.54, 1.807) is 0 Å². The Morgan fingerprint density at radius 3 is 0.828 bits per heavy atom. The van der Waals surface area contributed by atoms with E-state index in [4.69, 9.17) is 20.4 Å². The molecule has 0 amide bonds. The van der Waals surface area contributed by atoms with Crippen LogP contribution in [0, 0.1) is 0 Å². The van der Waals surface area contributed by atoms with E-state index in [0.717, 1.165) is 68.5 Å². The third kappa shape index (κ3) is 15.7. The number of phenolic OH excluding ortho intramolecular Hbond substituents is 2. The molecule has 6 aromatic rings. The van der Waals surface area contributed by atoms with Crippen molar-refractivity contribution in [1.29, 1.82) is 0 Å². The lowest BCUT2D eigenvalue weighted by atomic mass is 9.93. The number of aliphatic hydroxyl groups is 2. The summed E-state index contributed by atoms with van der Waals surface area (Å²) in [6.45, 7) is 0.390. The highest BCUT2D eigenvalue weighted by Gasteiger charge is 2.14. The van der Waals surface area contributed by atoms with E-state index < -0.39 is 11.9 Å². The van der Waals surface area contributed by atoms with Crippen LogP contribution in [0.15, 0.2) is 146 Å². The number of phenols is 2. The van der Waals surface area contributed by atoms with Crippen LogP contribution in [0.5, 0.6) is 11.5 Å². The summed E-state index contributed by atoms with van der Waals surface area (Å²) in [5.41, 5.74) is 9.70. The predicted molar refractivity (Wildman–Crippen MR) is 229 cm³/mol. The summed E-state index contributed by atoms with van der Waals surface area (Å²) in [6, 6.07) is 47.6. The Morgan fingerprint density at radius 1 is 0.379 bits per heavy atom. The summed E-state index contributed by atoms with van der Waals surface area (Å²) in [6.07, 6.45) is 5.00. The Bertz CT molecular complexity index is 1840. The van der Waals surface area contributed by atoms with Crippen LogP contribution in [0.3, 0.4) is 0 Å². The van der Waals surface area contributed by atoms with Gasteiger partial charge in [0.25, 0.3) is 0 Å². The average Bonchev–Trinajstić information content (AvgIpc) is 3.23. The normalized spacial score (nSPS) is 10.4. The summed E-state index contributed by atoms with van der Waals surface area (Å²) in [4.78, 5) is 21.9. The fourth-order valence-corrected chi connectivity index (χ4v) is 6.48. The largest absolute Gasteiger partial charge is 0.507 e. The molecule has 6 aromatic carbocycles. The van der Waals surface area contributed by atoms with E-state index in [-0.39, 0.29) is 26.1 Å². The molecule has 0 aromatic heterocycles. The van der Waals surface area contributed by atoms with Crippen LogP contribution in [-0.2, 0) is 48.1 Å². The van der Waals surface area contributed by atoms with Crippen LogP contribution in [0.4, 0.5) is 0 Å². The van der Waals surface area contributed by atoms with E-state index in [2.05, 4.69) is 0 Å². The molecule has 0 heterocycles. The van der Waals surface area contributed by atoms with Gasteiger partial charge in [-0.2, -0.15) is 0 Å². The summed E-state index contributed by atoms with van der Waals surface area (Å²) >= 11 is 0. The van der Waals surface area contributed by atoms with Crippen LogP contribution in [-0.4, -0.2) is 55.8 Å². The second-order valence-electron chi connectivity index (χ2n) is 14.1. The number of hydrogen-bond acceptors (Lipinski definition) is 6. The molecule has 0 spiro atoms. The molecule has 8 heteroatoms. The van der Waals surface area contributed by atoms with E-state index in [0.29, 0.717) is 50.0 Å². The Morgan fingerprint density at radius 2 is 0.621 bits per heavy atom. The molecule has 0 saturated carbocycles. The van der Waals surface area contributed by atoms with Crippen molar-refractivity contribution in [3.8, 4) is 11.5 Å². The summed E-state index contributed by atoms with van der Waals surface area (Å²) in [5, 5.41) is 55.7. The van der Waals surface area contributed by atoms with Crippen molar-refractivity contribution in [2.45, 2.75) is 64.2 Å². The van der Waals surface area contributed by atoms with Crippen molar-refractivity contribution >= 4 is 11.9 Å². The number of aromatic hydroxyl groups is 2. The van der Waals surface area contributed by atoms with Gasteiger partial charge in [-0.25, -0.2) is 0 Å². The maximum absolute atomic E-state index is 10.9. The molecule has 0 aliphatic heterocycles. The third-order valence-corrected chi connectivity index (χ3v) is 9.43. The van der Waals surface area contributed by atoms with Crippen molar-refractivity contribution in [3.05, 3.63) is 201 Å². The number of rotatable bonds is 17. The van der Waals surface area contributed by atoms with Gasteiger partial charge in [-0.05, 0) is 81.3 Å². The molecule has 8 nitrogen and oxygen atoms in total. The van der Waals surface area contributed by atoms with Gasteiger partial charge in [0, 0.05) is 51.7 Å². The molecule has 0 aliphatic rings. The van der Waals surface area contributed by atoms with Crippen molar-refractivity contribution in [1.82, 2.24) is 0 Å². The van der Waals surface area contributed by atoms with Gasteiger partial charge in [-0.3, -0.25) is 9.59 Å². The molecule has 0 fully saturated rings. The molecule has 58 heavy (non-hydrogen) atoms. The van der Waals surface area contributed by atoms with Crippen molar-refractivity contribution in [3.63, 3.8) is 0 Å². The molecule has 0 radical (unpaired) electrons. The van der Waals surface area contributed by atoms with Gasteiger partial charge in [-0.15, -0.1) is 0 Å². The number of aliphatic carboxylic acids is 2. The van der Waals surface area contributed by atoms with Crippen molar-refractivity contribution in [2.75, 3.05) is 13.2 Å². The first kappa shape index (κ1) is 44.5. The zero-order chi connectivity index (χ0) is 41.5. The first-order valence-corrected chi connectivity index (χ1v) is 19.6. The molecule has 0 atom stereocenters. The lowest BCUT2D eigenvalue weighted by Gasteiger charge is -2.14. The quantitative estimate of drug-likeness (QED) is 0.0501. The molecule has 6 N–H and O–H groups in total. The molecule has 0 bridgehead atoms. The summed E-state index contributed by atoms with van der Waals surface area (Å²) < 4.78 is 0. The van der Waals surface area contributed by atoms with E-state index in [1.807, 2.05) is 146 Å². The Kier molecular flexibility index (Phi) is 18.7. The van der Waals surface area contributed by atoms with Crippen LogP contribution < -0.4 is 0 Å². The summed E-state index contributed by atoms with van der Waals surface area (Å²) in [5.74, 6) is -1.02. The predicted octanol–water partition coefficient (Wildman–Crippen LogP) is 8.93. The van der Waals surface area contributed by atoms with Gasteiger partial charge in [0.1, 0.15) is 11.5 Å². The smallest absolute Gasteiger partial charge is 0.303 e. The maximum Gasteiger partial charge on any atom is 0.303 e. The van der Waals surface area contributed by atoms with Crippen LogP contribution in [0.1, 0.15) is 81.3 Å². The Hall–Kier alpha value is -6.22. The van der Waals surface area contributed by atoms with Gasteiger partial charge < -0.3 is 30.6 Å². The number of hydrogen-bond donors (Lipinski definition) is 6. The number of carboxylic acids is 2. The highest BCUT2D eigenvalue weighted by Crippen LogP contribution is 2.31. The number of aliphatic hydroxyl groups excluding tert-OH is 2. The molecule has 0 saturated heterocycles. The second-order valence-corrected chi connectivity index (χ2v) is 14.1. The monoisotopic (exact) mass is 782 g/mol. The zero-order valence-corrected chi connectivity index (χ0v) is 32.8. The van der Waals surface area contributed by atoms with Gasteiger partial charge in [0.15, 0.2) is 0 Å². The van der Waals surface area contributed by atoms with E-state index in [1.165, 1.54) is 0 Å². The van der Waals surface area contributed by atoms with Gasteiger partial charge in [0.05, 0.1) is 0 Å². The minimum absolute atomic E-state index is 0.0837. The minimum atomic E-state index is -0.813. The molecule has 0 aliphatic carbocycles. The number of aryl methyl sites for hydroxylation is 2. The topological polar surface area (TPSA) is 156 Å². The highest BCUT2D eigenvalue weighted by molar-refractivity contribution is 5.67. The molecule has 302 valence electrons. The Labute approximate surface area is 341 Å². The minimum Gasteiger partial charge on any atom is -0.507 e. The SMILES string of the molecule is O=C(O)CCc1cc(Cc2ccccc2)c(O)c(Cc2ccccc2)c1.O=C(O)CCc1cc(Cc2ccccc2)c(O)c(Cc2ccccc2)c1.OCCCCO. The third-order valence-electron chi connectivity index (χ3n) is 9.43. The lowest BCUT2D eigenvalue weighted by Crippen LogP contribution is -2.01. The van der Waals surface area contributed by atoms with Crippen LogP contribution >= 0.6 is 0 Å². The van der Waals surface area contributed by atoms with Gasteiger partial charge in [-0.1, -0.05) is 146 Å². The van der Waals surface area contributed by atoms with Crippen molar-refractivity contribution < 1.29 is 40.2 Å². The Balaban J connectivity index is 0.000000225. The molecule has 6 rings (SSSR count). The highest BCUT2D eigenvalue weighted by atomic mass is 16.4. The standard InChI is InChI=1S/2C23H22O3.C4H10O2/c2*24-22(25)12-11-19-15-20(13-17-7-3-1-4-8-17)23(26)21(16-19)14-18-9-5-2-6-10-18;5-3-1-2-4-6/h2*1-10,15-16,26H,11-14H2,(H,24,25);5-6H,1-4H2. The van der Waals surface area contributed by atoms with Crippen LogP contribution in [0.2, 0.25) is 0 Å². The molecular weight excluding hydrogens is 729 g/mol. The zero-order valence-electron chi connectivity index (χ0n) is 32.8. The van der Waals surface area contributed by atoms with Gasteiger partial charge in [0.2, 0.25) is 0 Å². The first-order chi connectivity index (χ1) is 28.1. The maximum atomic E-state index is 10.9. The number of carboxylic acid groups (broad SMARTS) is 2. The molecular formula is C50H54O8. The van der Waals surface area contributed by atoms with E-state index >= 15 is 0 Å². The van der Waals surface area contributed by atoms with E-state index in [9.17, 15) is 19.8 Å². The fraction of sp³-hybridized carbons (Fsp3) is 0.240.